The Kier molecular flexibility index (Phi) is 4.59. The molecule has 1 amide bonds. The molecule has 1 radical (unpaired) electrons. The highest BCUT2D eigenvalue weighted by molar-refractivity contribution is 5.63. The number of amides is 1. The zero-order valence-electron chi connectivity index (χ0n) is 5.39. The van der Waals surface area contributed by atoms with Gasteiger partial charge in [0.1, 0.15) is 6.61 Å². The molecule has 0 atom stereocenters. The van der Waals surface area contributed by atoms with E-state index in [2.05, 4.69) is 4.74 Å². The second-order valence-corrected chi connectivity index (χ2v) is 1.48. The molecule has 0 bridgehead atoms. The number of carbonyl (C=O) groups is 1. The molecule has 0 unspecified atom stereocenters. The molecule has 51 valence electrons. The summed E-state index contributed by atoms with van der Waals surface area (Å²) in [4.78, 5) is 9.82. The van der Waals surface area contributed by atoms with Crippen LogP contribution in [0.3, 0.4) is 0 Å². The summed E-state index contributed by atoms with van der Waals surface area (Å²) in [7, 11) is 0. The van der Waals surface area contributed by atoms with E-state index < -0.39 is 6.09 Å². The first kappa shape index (κ1) is 8.01. The van der Waals surface area contributed by atoms with Gasteiger partial charge in [-0.1, -0.05) is 19.1 Å². The molecule has 9 heavy (non-hydrogen) atoms. The molecule has 1 N–H and O–H groups in total. The smallest absolute Gasteiger partial charge is 0.426 e. The largest absolute Gasteiger partial charge is 0.444 e. The van der Waals surface area contributed by atoms with Crippen molar-refractivity contribution in [3.8, 4) is 0 Å². The van der Waals surface area contributed by atoms with Crippen molar-refractivity contribution >= 4 is 6.09 Å². The molecule has 0 aromatic carbocycles. The predicted molar refractivity (Wildman–Crippen MR) is 33.9 cm³/mol. The topological polar surface area (TPSA) is 50.1 Å². The van der Waals surface area contributed by atoms with Crippen molar-refractivity contribution in [3.63, 3.8) is 0 Å². The van der Waals surface area contributed by atoms with Crippen molar-refractivity contribution < 1.29 is 9.53 Å². The van der Waals surface area contributed by atoms with E-state index >= 15 is 0 Å². The van der Waals surface area contributed by atoms with Crippen LogP contribution in [0.2, 0.25) is 0 Å². The van der Waals surface area contributed by atoms with Crippen LogP contribution in [0.4, 0.5) is 4.79 Å². The third kappa shape index (κ3) is 7.01. The monoisotopic (exact) mass is 128 g/mol. The minimum atomic E-state index is -0.976. The number of ether oxygens (including phenoxy) is 1. The van der Waals surface area contributed by atoms with E-state index in [-0.39, 0.29) is 6.61 Å². The van der Waals surface area contributed by atoms with Gasteiger partial charge in [-0.3, -0.25) is 0 Å². The molecule has 0 aliphatic heterocycles. The van der Waals surface area contributed by atoms with Crippen LogP contribution in [0.5, 0.6) is 0 Å². The lowest BCUT2D eigenvalue weighted by molar-refractivity contribution is 0.167. The lowest BCUT2D eigenvalue weighted by atomic mass is 10.4. The molecule has 0 aromatic rings. The van der Waals surface area contributed by atoms with E-state index in [4.69, 9.17) is 5.73 Å². The van der Waals surface area contributed by atoms with Crippen molar-refractivity contribution in [1.82, 2.24) is 5.73 Å². The van der Waals surface area contributed by atoms with Gasteiger partial charge in [-0.25, -0.2) is 10.5 Å². The van der Waals surface area contributed by atoms with Gasteiger partial charge in [-0.15, -0.1) is 0 Å². The Bertz CT molecular complexity index is 110. The van der Waals surface area contributed by atoms with Gasteiger partial charge in [0.15, 0.2) is 0 Å². The molecule has 0 heterocycles. The minimum Gasteiger partial charge on any atom is -0.444 e. The highest BCUT2D eigenvalue weighted by atomic mass is 16.5. The minimum absolute atomic E-state index is 0.218. The summed E-state index contributed by atoms with van der Waals surface area (Å²) >= 11 is 0. The molecule has 0 spiro atoms. The zero-order valence-corrected chi connectivity index (χ0v) is 5.39. The molecule has 3 heteroatoms. The molecular formula is C6H10NO2. The van der Waals surface area contributed by atoms with Crippen LogP contribution >= 0.6 is 0 Å². The molecule has 0 rings (SSSR count). The number of hydrogen-bond acceptors (Lipinski definition) is 2. The van der Waals surface area contributed by atoms with Crippen molar-refractivity contribution in [3.05, 3.63) is 12.2 Å². The zero-order chi connectivity index (χ0) is 7.11. The Morgan fingerprint density at radius 2 is 2.33 bits per heavy atom. The Balaban J connectivity index is 3.09. The van der Waals surface area contributed by atoms with Crippen molar-refractivity contribution in [2.24, 2.45) is 0 Å². The van der Waals surface area contributed by atoms with Crippen LogP contribution in [0.15, 0.2) is 12.2 Å². The fourth-order valence-electron chi connectivity index (χ4n) is 0.359. The van der Waals surface area contributed by atoms with E-state index in [0.717, 1.165) is 6.42 Å². The number of allylic oxidation sites excluding steroid dienone is 1. The third-order valence-corrected chi connectivity index (χ3v) is 0.713. The summed E-state index contributed by atoms with van der Waals surface area (Å²) in [5.74, 6) is 0. The second-order valence-electron chi connectivity index (χ2n) is 1.48. The molecule has 0 aromatic heterocycles. The van der Waals surface area contributed by atoms with Crippen LogP contribution in [0.25, 0.3) is 0 Å². The lowest BCUT2D eigenvalue weighted by Crippen LogP contribution is -2.01. The Morgan fingerprint density at radius 1 is 1.67 bits per heavy atom. The number of rotatable bonds is 3. The van der Waals surface area contributed by atoms with Gasteiger partial charge < -0.3 is 4.74 Å². The van der Waals surface area contributed by atoms with Crippen LogP contribution in [0, 0.1) is 0 Å². The van der Waals surface area contributed by atoms with Crippen LogP contribution in [-0.4, -0.2) is 12.7 Å². The molecule has 0 saturated heterocycles. The van der Waals surface area contributed by atoms with Gasteiger partial charge in [0, 0.05) is 0 Å². The first-order valence-corrected chi connectivity index (χ1v) is 2.80. The molecule has 0 aliphatic rings. The summed E-state index contributed by atoms with van der Waals surface area (Å²) in [5, 5.41) is 0. The first-order chi connectivity index (χ1) is 4.27. The van der Waals surface area contributed by atoms with E-state index in [1.165, 1.54) is 0 Å². The maximum Gasteiger partial charge on any atom is 0.426 e. The second kappa shape index (κ2) is 5.15. The summed E-state index contributed by atoms with van der Waals surface area (Å²) in [5.41, 5.74) is 6.32. The summed E-state index contributed by atoms with van der Waals surface area (Å²) in [6, 6.07) is 0. The van der Waals surface area contributed by atoms with E-state index in [0.29, 0.717) is 0 Å². The number of hydrogen-bond donors (Lipinski definition) is 0. The first-order valence-electron chi connectivity index (χ1n) is 2.80. The fourth-order valence-corrected chi connectivity index (χ4v) is 0.359. The number of carbonyl (C=O) groups excluding carboxylic acids is 1. The van der Waals surface area contributed by atoms with Gasteiger partial charge in [-0.2, -0.15) is 0 Å². The molecule has 0 saturated carbocycles. The van der Waals surface area contributed by atoms with Gasteiger partial charge in [-0.05, 0) is 6.42 Å². The Morgan fingerprint density at radius 3 is 2.78 bits per heavy atom. The average molecular weight is 128 g/mol. The molecule has 0 aliphatic carbocycles. The van der Waals surface area contributed by atoms with E-state index in [9.17, 15) is 4.79 Å². The average Bonchev–Trinajstić information content (AvgIpc) is 1.80. The summed E-state index contributed by atoms with van der Waals surface area (Å²) in [6.07, 6.45) is 3.54. The van der Waals surface area contributed by atoms with Crippen LogP contribution in [-0.2, 0) is 4.74 Å². The van der Waals surface area contributed by atoms with Gasteiger partial charge in [0.05, 0.1) is 0 Å². The number of nitrogens with one attached hydrogen (secondary N) is 1. The quantitative estimate of drug-likeness (QED) is 0.539. The molecule has 3 nitrogen and oxygen atoms in total. The lowest BCUT2D eigenvalue weighted by Gasteiger charge is -1.91. The van der Waals surface area contributed by atoms with Crippen LogP contribution in [0.1, 0.15) is 13.3 Å². The highest BCUT2D eigenvalue weighted by Crippen LogP contribution is 1.81. The Labute approximate surface area is 54.5 Å². The maximum absolute atomic E-state index is 9.82. The molecule has 0 fully saturated rings. The summed E-state index contributed by atoms with van der Waals surface area (Å²) < 4.78 is 4.28. The highest BCUT2D eigenvalue weighted by Gasteiger charge is 1.87. The third-order valence-electron chi connectivity index (χ3n) is 0.713. The SMILES string of the molecule is CCC=CCOC([NH])=O. The molecular weight excluding hydrogens is 118 g/mol. The predicted octanol–water partition coefficient (Wildman–Crippen LogP) is 1.37. The van der Waals surface area contributed by atoms with E-state index in [1.54, 1.807) is 6.08 Å². The summed E-state index contributed by atoms with van der Waals surface area (Å²) in [6.45, 7) is 2.20. The Hall–Kier alpha value is -0.990. The van der Waals surface area contributed by atoms with E-state index in [1.807, 2.05) is 13.0 Å². The van der Waals surface area contributed by atoms with Crippen molar-refractivity contribution in [1.29, 1.82) is 0 Å². The fraction of sp³-hybridized carbons (Fsp3) is 0.500. The van der Waals surface area contributed by atoms with Crippen LogP contribution < -0.4 is 5.73 Å². The van der Waals surface area contributed by atoms with Gasteiger partial charge >= 0.3 is 6.09 Å². The van der Waals surface area contributed by atoms with Gasteiger partial charge in [0.25, 0.3) is 0 Å². The maximum atomic E-state index is 9.82. The standard InChI is InChI=1S/C6H10NO2/c1-2-3-4-5-9-6(7)8/h3-4,7H,2,5H2,1H3. The normalized spacial score (nSPS) is 9.89. The van der Waals surface area contributed by atoms with Crippen molar-refractivity contribution in [2.45, 2.75) is 13.3 Å². The van der Waals surface area contributed by atoms with Gasteiger partial charge in [0.2, 0.25) is 0 Å². The van der Waals surface area contributed by atoms with Crippen molar-refractivity contribution in [2.75, 3.05) is 6.61 Å².